The molecule has 1 aliphatic heterocycles. The summed E-state index contributed by atoms with van der Waals surface area (Å²) in [5, 5.41) is 0.266. The van der Waals surface area contributed by atoms with E-state index in [0.29, 0.717) is 21.4 Å². The number of benzene rings is 2. The molecule has 4 nitrogen and oxygen atoms in total. The molecule has 118 valence electrons. The molecule has 1 aliphatic rings. The van der Waals surface area contributed by atoms with Gasteiger partial charge in [0.2, 0.25) is 11.8 Å². The molecule has 0 aliphatic carbocycles. The molecular weight excluding hydrogens is 355 g/mol. The lowest BCUT2D eigenvalue weighted by molar-refractivity contribution is -0.121. The lowest BCUT2D eigenvalue weighted by atomic mass is 10.3. The Morgan fingerprint density at radius 2 is 1.78 bits per heavy atom. The Balaban J connectivity index is 1.85. The first-order chi connectivity index (χ1) is 10.9. The SMILES string of the molecule is Nc1cccc(SC2CC(=O)N(c3cc(Cl)cc(Cl)c3)C2=O)c1. The van der Waals surface area contributed by atoms with Gasteiger partial charge in [0, 0.05) is 27.0 Å². The van der Waals surface area contributed by atoms with E-state index in [9.17, 15) is 9.59 Å². The molecule has 1 saturated heterocycles. The fourth-order valence-electron chi connectivity index (χ4n) is 2.39. The minimum Gasteiger partial charge on any atom is -0.399 e. The molecule has 23 heavy (non-hydrogen) atoms. The summed E-state index contributed by atoms with van der Waals surface area (Å²) >= 11 is 13.2. The third kappa shape index (κ3) is 3.47. The van der Waals surface area contributed by atoms with Gasteiger partial charge in [-0.15, -0.1) is 11.8 Å². The van der Waals surface area contributed by atoms with Crippen LogP contribution in [0.4, 0.5) is 11.4 Å². The fraction of sp³-hybridized carbons (Fsp3) is 0.125. The minimum atomic E-state index is -0.484. The van der Waals surface area contributed by atoms with E-state index < -0.39 is 5.25 Å². The zero-order valence-corrected chi connectivity index (χ0v) is 14.2. The topological polar surface area (TPSA) is 63.4 Å². The summed E-state index contributed by atoms with van der Waals surface area (Å²) < 4.78 is 0. The van der Waals surface area contributed by atoms with Crippen LogP contribution in [0.2, 0.25) is 10.0 Å². The number of nitrogen functional groups attached to an aromatic ring is 1. The van der Waals surface area contributed by atoms with Gasteiger partial charge in [-0.2, -0.15) is 0 Å². The molecule has 1 unspecified atom stereocenters. The van der Waals surface area contributed by atoms with Crippen LogP contribution in [0.1, 0.15) is 6.42 Å². The number of hydrogen-bond donors (Lipinski definition) is 1. The van der Waals surface area contributed by atoms with E-state index in [-0.39, 0.29) is 18.2 Å². The highest BCUT2D eigenvalue weighted by atomic mass is 35.5. The number of hydrogen-bond acceptors (Lipinski definition) is 4. The van der Waals surface area contributed by atoms with Gasteiger partial charge in [0.05, 0.1) is 10.9 Å². The number of imide groups is 1. The first kappa shape index (κ1) is 16.2. The zero-order valence-electron chi connectivity index (χ0n) is 11.8. The van der Waals surface area contributed by atoms with E-state index in [4.69, 9.17) is 28.9 Å². The smallest absolute Gasteiger partial charge is 0.247 e. The van der Waals surface area contributed by atoms with E-state index in [1.807, 2.05) is 12.1 Å². The van der Waals surface area contributed by atoms with Crippen LogP contribution < -0.4 is 10.6 Å². The molecule has 2 N–H and O–H groups in total. The van der Waals surface area contributed by atoms with Gasteiger partial charge in [-0.1, -0.05) is 29.3 Å². The van der Waals surface area contributed by atoms with Crippen molar-refractivity contribution >= 4 is 58.2 Å². The molecule has 1 fully saturated rings. The maximum Gasteiger partial charge on any atom is 0.247 e. The Kier molecular flexibility index (Phi) is 4.53. The van der Waals surface area contributed by atoms with Gasteiger partial charge in [0.1, 0.15) is 0 Å². The van der Waals surface area contributed by atoms with Crippen LogP contribution in [0.5, 0.6) is 0 Å². The number of amides is 2. The fourth-order valence-corrected chi connectivity index (χ4v) is 4.02. The van der Waals surface area contributed by atoms with Crippen molar-refractivity contribution in [3.05, 3.63) is 52.5 Å². The second kappa shape index (κ2) is 6.43. The van der Waals surface area contributed by atoms with Crippen LogP contribution in [-0.2, 0) is 9.59 Å². The summed E-state index contributed by atoms with van der Waals surface area (Å²) in [7, 11) is 0. The van der Waals surface area contributed by atoms with Gasteiger partial charge >= 0.3 is 0 Å². The summed E-state index contributed by atoms with van der Waals surface area (Å²) in [5.41, 5.74) is 6.75. The highest BCUT2D eigenvalue weighted by Crippen LogP contribution is 2.36. The maximum atomic E-state index is 12.6. The van der Waals surface area contributed by atoms with Crippen LogP contribution in [0.15, 0.2) is 47.4 Å². The third-order valence-electron chi connectivity index (χ3n) is 3.35. The maximum absolute atomic E-state index is 12.6. The highest BCUT2D eigenvalue weighted by molar-refractivity contribution is 8.00. The van der Waals surface area contributed by atoms with Crippen molar-refractivity contribution in [3.63, 3.8) is 0 Å². The average Bonchev–Trinajstić information content (AvgIpc) is 2.72. The predicted octanol–water partition coefficient (Wildman–Crippen LogP) is 4.00. The lowest BCUT2D eigenvalue weighted by Crippen LogP contribution is -2.31. The quantitative estimate of drug-likeness (QED) is 0.658. The van der Waals surface area contributed by atoms with E-state index >= 15 is 0 Å². The van der Waals surface area contributed by atoms with Crippen molar-refractivity contribution in [2.75, 3.05) is 10.6 Å². The first-order valence-electron chi connectivity index (χ1n) is 6.79. The number of anilines is 2. The summed E-state index contributed by atoms with van der Waals surface area (Å²) in [5.74, 6) is -0.546. The molecule has 0 saturated carbocycles. The number of carbonyl (C=O) groups is 2. The van der Waals surface area contributed by atoms with Crippen molar-refractivity contribution in [3.8, 4) is 0 Å². The van der Waals surface area contributed by atoms with Crippen LogP contribution in [-0.4, -0.2) is 17.1 Å². The van der Waals surface area contributed by atoms with Crippen molar-refractivity contribution in [1.29, 1.82) is 0 Å². The van der Waals surface area contributed by atoms with Crippen LogP contribution in [0.3, 0.4) is 0 Å². The Hall–Kier alpha value is -1.69. The molecule has 2 aromatic rings. The highest BCUT2D eigenvalue weighted by Gasteiger charge is 2.40. The lowest BCUT2D eigenvalue weighted by Gasteiger charge is -2.15. The Labute approximate surface area is 147 Å². The molecule has 2 amide bonds. The average molecular weight is 367 g/mol. The van der Waals surface area contributed by atoms with Gasteiger partial charge in [-0.25, -0.2) is 4.90 Å². The standard InChI is InChI=1S/C16H12Cl2N2O2S/c17-9-4-10(18)6-12(5-9)20-15(21)8-14(16(20)22)23-13-3-1-2-11(19)7-13/h1-7,14H,8,19H2. The normalized spacial score (nSPS) is 17.8. The van der Waals surface area contributed by atoms with Gasteiger partial charge in [-0.3, -0.25) is 9.59 Å². The summed E-state index contributed by atoms with van der Waals surface area (Å²) in [4.78, 5) is 26.8. The number of rotatable bonds is 3. The molecule has 0 bridgehead atoms. The minimum absolute atomic E-state index is 0.127. The summed E-state index contributed by atoms with van der Waals surface area (Å²) in [6, 6.07) is 11.9. The Morgan fingerprint density at radius 3 is 2.43 bits per heavy atom. The molecule has 7 heteroatoms. The van der Waals surface area contributed by atoms with Crippen LogP contribution in [0.25, 0.3) is 0 Å². The largest absolute Gasteiger partial charge is 0.399 e. The van der Waals surface area contributed by atoms with E-state index in [2.05, 4.69) is 0 Å². The monoisotopic (exact) mass is 366 g/mol. The predicted molar refractivity (Wildman–Crippen MR) is 94.1 cm³/mol. The van der Waals surface area contributed by atoms with Gasteiger partial charge in [0.15, 0.2) is 0 Å². The molecule has 1 heterocycles. The first-order valence-corrected chi connectivity index (χ1v) is 8.43. The Morgan fingerprint density at radius 1 is 1.09 bits per heavy atom. The molecule has 0 radical (unpaired) electrons. The number of thioether (sulfide) groups is 1. The van der Waals surface area contributed by atoms with E-state index in [1.165, 1.54) is 11.8 Å². The molecule has 3 rings (SSSR count). The van der Waals surface area contributed by atoms with E-state index in [1.54, 1.807) is 30.3 Å². The number of halogens is 2. The second-order valence-corrected chi connectivity index (χ2v) is 7.23. The van der Waals surface area contributed by atoms with Crippen molar-refractivity contribution in [2.24, 2.45) is 0 Å². The Bertz CT molecular complexity index is 777. The molecule has 1 atom stereocenters. The molecule has 0 spiro atoms. The van der Waals surface area contributed by atoms with E-state index in [0.717, 1.165) is 9.80 Å². The van der Waals surface area contributed by atoms with Crippen LogP contribution >= 0.6 is 35.0 Å². The summed E-state index contributed by atoms with van der Waals surface area (Å²) in [6.45, 7) is 0. The van der Waals surface area contributed by atoms with Crippen molar-refractivity contribution in [1.82, 2.24) is 0 Å². The number of carbonyl (C=O) groups excluding carboxylic acids is 2. The van der Waals surface area contributed by atoms with Gasteiger partial charge in [0.25, 0.3) is 0 Å². The number of nitrogens with two attached hydrogens (primary N) is 1. The molecule has 2 aromatic carbocycles. The third-order valence-corrected chi connectivity index (χ3v) is 4.96. The van der Waals surface area contributed by atoms with Crippen LogP contribution in [0, 0.1) is 0 Å². The van der Waals surface area contributed by atoms with Crippen molar-refractivity contribution in [2.45, 2.75) is 16.6 Å². The van der Waals surface area contributed by atoms with Gasteiger partial charge < -0.3 is 5.73 Å². The van der Waals surface area contributed by atoms with Gasteiger partial charge in [-0.05, 0) is 36.4 Å². The second-order valence-electron chi connectivity index (χ2n) is 5.08. The van der Waals surface area contributed by atoms with Crippen molar-refractivity contribution < 1.29 is 9.59 Å². The molecule has 0 aromatic heterocycles. The summed E-state index contributed by atoms with van der Waals surface area (Å²) in [6.07, 6.45) is 0.127. The number of nitrogens with zero attached hydrogens (tertiary/aromatic N) is 1. The molecular formula is C16H12Cl2N2O2S. The zero-order chi connectivity index (χ0) is 16.6.